The van der Waals surface area contributed by atoms with Gasteiger partial charge in [-0.2, -0.15) is 0 Å². The second-order valence-corrected chi connectivity index (χ2v) is 10.1. The SMILES string of the molecule is COC(=O)c1ccc(Cc2c(C)n(CC3CCN(CCc4ccccc4)CC3)c3ccccc23)cc1. The summed E-state index contributed by atoms with van der Waals surface area (Å²) in [6.45, 7) is 6.89. The first-order valence-corrected chi connectivity index (χ1v) is 13.1. The first kappa shape index (κ1) is 24.3. The average molecular weight is 481 g/mol. The van der Waals surface area contributed by atoms with Gasteiger partial charge >= 0.3 is 5.97 Å². The van der Waals surface area contributed by atoms with E-state index in [4.69, 9.17) is 4.74 Å². The lowest BCUT2D eigenvalue weighted by atomic mass is 9.96. The van der Waals surface area contributed by atoms with Crippen LogP contribution in [0.15, 0.2) is 78.9 Å². The summed E-state index contributed by atoms with van der Waals surface area (Å²) >= 11 is 0. The molecule has 0 N–H and O–H groups in total. The van der Waals surface area contributed by atoms with E-state index in [2.05, 4.69) is 71.0 Å². The first-order chi connectivity index (χ1) is 17.6. The normalized spacial score (nSPS) is 14.8. The van der Waals surface area contributed by atoms with Crippen molar-refractivity contribution in [3.63, 3.8) is 0 Å². The van der Waals surface area contributed by atoms with Gasteiger partial charge in [0.2, 0.25) is 0 Å². The highest BCUT2D eigenvalue weighted by Gasteiger charge is 2.22. The molecular formula is C32H36N2O2. The van der Waals surface area contributed by atoms with E-state index in [1.807, 2.05) is 24.3 Å². The van der Waals surface area contributed by atoms with Gasteiger partial charge < -0.3 is 14.2 Å². The van der Waals surface area contributed by atoms with Gasteiger partial charge in [-0.25, -0.2) is 4.79 Å². The van der Waals surface area contributed by atoms with Crippen molar-refractivity contribution < 1.29 is 9.53 Å². The summed E-state index contributed by atoms with van der Waals surface area (Å²) in [4.78, 5) is 14.4. The minimum absolute atomic E-state index is 0.291. The Bertz CT molecular complexity index is 1300. The highest BCUT2D eigenvalue weighted by Crippen LogP contribution is 2.31. The van der Waals surface area contributed by atoms with E-state index in [1.54, 1.807) is 0 Å². The number of nitrogens with zero attached hydrogens (tertiary/aromatic N) is 2. The van der Waals surface area contributed by atoms with Gasteiger partial charge in [0.25, 0.3) is 0 Å². The van der Waals surface area contributed by atoms with Gasteiger partial charge in [-0.15, -0.1) is 0 Å². The molecule has 0 atom stereocenters. The van der Waals surface area contributed by atoms with Crippen LogP contribution in [0.5, 0.6) is 0 Å². The molecule has 4 aromatic rings. The summed E-state index contributed by atoms with van der Waals surface area (Å²) in [6, 6.07) is 27.5. The number of ether oxygens (including phenoxy) is 1. The van der Waals surface area contributed by atoms with E-state index in [-0.39, 0.29) is 5.97 Å². The molecule has 0 spiro atoms. The Kier molecular flexibility index (Phi) is 7.52. The lowest BCUT2D eigenvalue weighted by Gasteiger charge is -2.32. The molecule has 1 fully saturated rings. The molecule has 4 nitrogen and oxygen atoms in total. The lowest BCUT2D eigenvalue weighted by Crippen LogP contribution is -2.36. The number of hydrogen-bond donors (Lipinski definition) is 0. The summed E-state index contributed by atoms with van der Waals surface area (Å²) in [6.07, 6.45) is 4.51. The van der Waals surface area contributed by atoms with Crippen molar-refractivity contribution in [2.45, 2.75) is 39.2 Å². The van der Waals surface area contributed by atoms with Crippen LogP contribution in [0.3, 0.4) is 0 Å². The Balaban J connectivity index is 1.26. The number of piperidine rings is 1. The number of carbonyl (C=O) groups is 1. The van der Waals surface area contributed by atoms with Gasteiger partial charge in [-0.05, 0) is 86.5 Å². The Labute approximate surface area is 214 Å². The van der Waals surface area contributed by atoms with Gasteiger partial charge in [0.05, 0.1) is 12.7 Å². The number of likely N-dealkylation sites (tertiary alicyclic amines) is 1. The maximum atomic E-state index is 11.8. The largest absolute Gasteiger partial charge is 0.465 e. The van der Waals surface area contributed by atoms with Gasteiger partial charge in [0, 0.05) is 29.7 Å². The van der Waals surface area contributed by atoms with Gasteiger partial charge in [-0.3, -0.25) is 0 Å². The molecule has 1 aliphatic rings. The van der Waals surface area contributed by atoms with Gasteiger partial charge in [-0.1, -0.05) is 60.7 Å². The topological polar surface area (TPSA) is 34.5 Å². The van der Waals surface area contributed by atoms with Crippen LogP contribution in [0.2, 0.25) is 0 Å². The number of para-hydroxylation sites is 1. The van der Waals surface area contributed by atoms with E-state index in [0.29, 0.717) is 11.5 Å². The molecule has 0 amide bonds. The van der Waals surface area contributed by atoms with Crippen LogP contribution in [0, 0.1) is 12.8 Å². The third-order valence-corrected chi connectivity index (χ3v) is 7.82. The number of hydrogen-bond acceptors (Lipinski definition) is 3. The summed E-state index contributed by atoms with van der Waals surface area (Å²) in [5.74, 6) is 0.417. The lowest BCUT2D eigenvalue weighted by molar-refractivity contribution is 0.0600. The van der Waals surface area contributed by atoms with E-state index in [0.717, 1.165) is 25.9 Å². The quantitative estimate of drug-likeness (QED) is 0.278. The number of methoxy groups -OCH3 is 1. The van der Waals surface area contributed by atoms with Crippen molar-refractivity contribution in [2.75, 3.05) is 26.7 Å². The van der Waals surface area contributed by atoms with E-state index >= 15 is 0 Å². The molecule has 0 saturated carbocycles. The molecular weight excluding hydrogens is 444 g/mol. The van der Waals surface area contributed by atoms with Crippen molar-refractivity contribution in [1.82, 2.24) is 9.47 Å². The molecule has 36 heavy (non-hydrogen) atoms. The van der Waals surface area contributed by atoms with Crippen LogP contribution >= 0.6 is 0 Å². The molecule has 2 heterocycles. The van der Waals surface area contributed by atoms with Crippen molar-refractivity contribution in [3.05, 3.63) is 107 Å². The zero-order valence-corrected chi connectivity index (χ0v) is 21.5. The number of rotatable bonds is 8. The molecule has 186 valence electrons. The second-order valence-electron chi connectivity index (χ2n) is 10.1. The Morgan fingerprint density at radius 3 is 2.31 bits per heavy atom. The monoisotopic (exact) mass is 480 g/mol. The molecule has 3 aromatic carbocycles. The smallest absolute Gasteiger partial charge is 0.337 e. The minimum Gasteiger partial charge on any atom is -0.465 e. The predicted molar refractivity (Wildman–Crippen MR) is 147 cm³/mol. The molecule has 0 radical (unpaired) electrons. The minimum atomic E-state index is -0.291. The Hall–Kier alpha value is -3.37. The Morgan fingerprint density at radius 1 is 0.889 bits per heavy atom. The summed E-state index contributed by atoms with van der Waals surface area (Å²) in [5, 5.41) is 1.34. The van der Waals surface area contributed by atoms with Crippen LogP contribution < -0.4 is 0 Å². The number of aromatic nitrogens is 1. The maximum Gasteiger partial charge on any atom is 0.337 e. The predicted octanol–water partition coefficient (Wildman–Crippen LogP) is 6.28. The average Bonchev–Trinajstić information content (AvgIpc) is 3.19. The highest BCUT2D eigenvalue weighted by molar-refractivity contribution is 5.89. The third-order valence-electron chi connectivity index (χ3n) is 7.82. The number of benzene rings is 3. The van der Waals surface area contributed by atoms with Crippen LogP contribution in [0.25, 0.3) is 10.9 Å². The molecule has 0 unspecified atom stereocenters. The van der Waals surface area contributed by atoms with Crippen LogP contribution in [-0.4, -0.2) is 42.2 Å². The van der Waals surface area contributed by atoms with Crippen LogP contribution in [0.1, 0.15) is 45.6 Å². The Morgan fingerprint density at radius 2 is 1.58 bits per heavy atom. The molecule has 0 bridgehead atoms. The second kappa shape index (κ2) is 11.1. The zero-order valence-electron chi connectivity index (χ0n) is 21.5. The van der Waals surface area contributed by atoms with Crippen LogP contribution in [0.4, 0.5) is 0 Å². The first-order valence-electron chi connectivity index (χ1n) is 13.1. The third kappa shape index (κ3) is 5.39. The molecule has 4 heteroatoms. The van der Waals surface area contributed by atoms with Crippen LogP contribution in [-0.2, 0) is 24.1 Å². The van der Waals surface area contributed by atoms with Gasteiger partial charge in [0.15, 0.2) is 0 Å². The fourth-order valence-corrected chi connectivity index (χ4v) is 5.62. The van der Waals surface area contributed by atoms with E-state index in [1.165, 1.54) is 66.3 Å². The number of carbonyl (C=O) groups excluding carboxylic acids is 1. The summed E-state index contributed by atoms with van der Waals surface area (Å²) < 4.78 is 7.40. The highest BCUT2D eigenvalue weighted by atomic mass is 16.5. The zero-order chi connectivity index (χ0) is 24.9. The fraction of sp³-hybridized carbons (Fsp3) is 0.344. The molecule has 0 aliphatic carbocycles. The molecule has 1 aliphatic heterocycles. The summed E-state index contributed by atoms with van der Waals surface area (Å²) in [5.41, 5.74) is 7.32. The standard InChI is InChI=1S/C32H36N2O2/c1-24-30(22-26-12-14-28(15-13-26)32(35)36-2)29-10-6-7-11-31(29)34(24)23-27-17-20-33(21-18-27)19-16-25-8-4-3-5-9-25/h3-15,27H,16-23H2,1-2H3. The maximum absolute atomic E-state index is 11.8. The fourth-order valence-electron chi connectivity index (χ4n) is 5.62. The van der Waals surface area contributed by atoms with Gasteiger partial charge in [0.1, 0.15) is 0 Å². The van der Waals surface area contributed by atoms with Crippen molar-refractivity contribution in [3.8, 4) is 0 Å². The van der Waals surface area contributed by atoms with Crippen molar-refractivity contribution in [1.29, 1.82) is 0 Å². The van der Waals surface area contributed by atoms with E-state index in [9.17, 15) is 4.79 Å². The summed E-state index contributed by atoms with van der Waals surface area (Å²) in [7, 11) is 1.42. The number of fused-ring (bicyclic) bond motifs is 1. The molecule has 1 saturated heterocycles. The number of esters is 1. The molecule has 1 aromatic heterocycles. The van der Waals surface area contributed by atoms with Crippen molar-refractivity contribution in [2.24, 2.45) is 5.92 Å². The van der Waals surface area contributed by atoms with E-state index < -0.39 is 0 Å². The molecule has 5 rings (SSSR count). The van der Waals surface area contributed by atoms with Crippen molar-refractivity contribution >= 4 is 16.9 Å².